The maximum atomic E-state index is 12.0. The maximum absolute atomic E-state index is 12.0. The molecule has 7 heteroatoms. The quantitative estimate of drug-likeness (QED) is 0.809. The van der Waals surface area contributed by atoms with Crippen molar-refractivity contribution >= 4 is 22.0 Å². The lowest BCUT2D eigenvalue weighted by Gasteiger charge is -2.14. The summed E-state index contributed by atoms with van der Waals surface area (Å²) in [5.41, 5.74) is 1.68. The van der Waals surface area contributed by atoms with Crippen LogP contribution >= 0.6 is 0 Å². The van der Waals surface area contributed by atoms with E-state index in [-0.39, 0.29) is 5.92 Å². The second-order valence-electron chi connectivity index (χ2n) is 5.59. The highest BCUT2D eigenvalue weighted by atomic mass is 32.2. The van der Waals surface area contributed by atoms with Gasteiger partial charge in [0, 0.05) is 24.4 Å². The fraction of sp³-hybridized carbons (Fsp3) is 0.571. The van der Waals surface area contributed by atoms with Crippen LogP contribution in [-0.4, -0.2) is 29.4 Å². The van der Waals surface area contributed by atoms with Crippen LogP contribution in [0, 0.1) is 12.8 Å². The van der Waals surface area contributed by atoms with Gasteiger partial charge in [0.1, 0.15) is 0 Å². The molecule has 0 fully saturated rings. The van der Waals surface area contributed by atoms with Crippen molar-refractivity contribution in [3.63, 3.8) is 0 Å². The van der Waals surface area contributed by atoms with Gasteiger partial charge in [-0.15, -0.1) is 0 Å². The predicted molar refractivity (Wildman–Crippen MR) is 83.0 cm³/mol. The topological polar surface area (TPSA) is 81.1 Å². The first-order chi connectivity index (χ1) is 9.63. The van der Waals surface area contributed by atoms with Crippen LogP contribution < -0.4 is 4.72 Å². The molecule has 1 amide bonds. The van der Waals surface area contributed by atoms with E-state index >= 15 is 0 Å². The van der Waals surface area contributed by atoms with Gasteiger partial charge in [-0.1, -0.05) is 13.8 Å². The first-order valence-corrected chi connectivity index (χ1v) is 8.40. The predicted octanol–water partition coefficient (Wildman–Crippen LogP) is 1.62. The van der Waals surface area contributed by atoms with Crippen LogP contribution in [0.3, 0.4) is 0 Å². The monoisotopic (exact) mass is 313 g/mol. The molecule has 1 aromatic heterocycles. The van der Waals surface area contributed by atoms with Gasteiger partial charge in [-0.2, -0.15) is 5.10 Å². The van der Waals surface area contributed by atoms with E-state index in [0.29, 0.717) is 6.42 Å². The van der Waals surface area contributed by atoms with Gasteiger partial charge in [0.15, 0.2) is 0 Å². The fourth-order valence-electron chi connectivity index (χ4n) is 1.91. The van der Waals surface area contributed by atoms with Crippen molar-refractivity contribution in [1.82, 2.24) is 14.5 Å². The Morgan fingerprint density at radius 3 is 2.52 bits per heavy atom. The van der Waals surface area contributed by atoms with E-state index in [4.69, 9.17) is 0 Å². The van der Waals surface area contributed by atoms with Crippen molar-refractivity contribution in [2.75, 3.05) is 0 Å². The molecule has 118 valence electrons. The van der Waals surface area contributed by atoms with Gasteiger partial charge in [0.25, 0.3) is 5.91 Å². The Morgan fingerprint density at radius 1 is 1.43 bits per heavy atom. The Morgan fingerprint density at radius 2 is 2.05 bits per heavy atom. The molecule has 0 radical (unpaired) electrons. The molecular weight excluding hydrogens is 290 g/mol. The molecule has 1 unspecified atom stereocenters. The van der Waals surface area contributed by atoms with Gasteiger partial charge in [0.2, 0.25) is 10.0 Å². The molecule has 0 aliphatic heterocycles. The molecule has 21 heavy (non-hydrogen) atoms. The number of carbonyl (C=O) groups is 1. The Hall–Kier alpha value is -1.63. The van der Waals surface area contributed by atoms with Gasteiger partial charge in [-0.3, -0.25) is 9.48 Å². The Labute approximate surface area is 126 Å². The lowest BCUT2D eigenvalue weighted by molar-refractivity contribution is -0.114. The lowest BCUT2D eigenvalue weighted by atomic mass is 10.1. The summed E-state index contributed by atoms with van der Waals surface area (Å²) < 4.78 is 27.7. The molecule has 1 atom stereocenters. The van der Waals surface area contributed by atoms with E-state index < -0.39 is 21.2 Å². The third kappa shape index (κ3) is 5.00. The molecule has 6 nitrogen and oxygen atoms in total. The zero-order valence-corrected chi connectivity index (χ0v) is 13.9. The summed E-state index contributed by atoms with van der Waals surface area (Å²) in [6.07, 6.45) is 4.90. The van der Waals surface area contributed by atoms with Crippen molar-refractivity contribution < 1.29 is 13.2 Å². The lowest BCUT2D eigenvalue weighted by Crippen LogP contribution is -2.36. The van der Waals surface area contributed by atoms with Crippen LogP contribution in [0.2, 0.25) is 0 Å². The molecule has 0 bridgehead atoms. The van der Waals surface area contributed by atoms with E-state index in [2.05, 4.69) is 9.82 Å². The minimum absolute atomic E-state index is 0.250. The zero-order valence-electron chi connectivity index (χ0n) is 13.1. The van der Waals surface area contributed by atoms with E-state index in [0.717, 1.165) is 11.3 Å². The number of hydrogen-bond acceptors (Lipinski definition) is 4. The fourth-order valence-corrected chi connectivity index (χ4v) is 3.10. The Kier molecular flexibility index (Phi) is 5.71. The number of nitrogens with zero attached hydrogens (tertiary/aromatic N) is 2. The highest BCUT2D eigenvalue weighted by molar-refractivity contribution is 7.90. The molecule has 1 aromatic rings. The third-order valence-electron chi connectivity index (χ3n) is 3.26. The molecule has 1 N–H and O–H groups in total. The minimum Gasteiger partial charge on any atom is -0.272 e. The molecule has 1 heterocycles. The van der Waals surface area contributed by atoms with Crippen molar-refractivity contribution in [3.05, 3.63) is 23.5 Å². The first-order valence-electron chi connectivity index (χ1n) is 6.85. The summed E-state index contributed by atoms with van der Waals surface area (Å²) in [5.74, 6) is -0.394. The third-order valence-corrected chi connectivity index (χ3v) is 5.00. The molecule has 0 saturated heterocycles. The summed E-state index contributed by atoms with van der Waals surface area (Å²) in [4.78, 5) is 11.7. The van der Waals surface area contributed by atoms with Crippen LogP contribution in [0.4, 0.5) is 0 Å². The number of hydrogen-bond donors (Lipinski definition) is 1. The standard InChI is InChI=1S/C14H23N3O3S/c1-10(2)8-11(3)21(19,20)16-14(18)7-6-13-9-15-17(5)12(13)4/h6-7,9-11H,8H2,1-5H3,(H,16,18). The number of nitrogens with one attached hydrogen (secondary N) is 1. The summed E-state index contributed by atoms with van der Waals surface area (Å²) in [6.45, 7) is 7.36. The van der Waals surface area contributed by atoms with Gasteiger partial charge in [0.05, 0.1) is 11.4 Å². The van der Waals surface area contributed by atoms with E-state index in [1.54, 1.807) is 30.9 Å². The van der Waals surface area contributed by atoms with Gasteiger partial charge in [-0.05, 0) is 32.3 Å². The number of sulfonamides is 1. The smallest absolute Gasteiger partial charge is 0.257 e. The molecule has 0 spiro atoms. The van der Waals surface area contributed by atoms with Gasteiger partial charge >= 0.3 is 0 Å². The summed E-state index contributed by atoms with van der Waals surface area (Å²) in [6, 6.07) is 0. The van der Waals surface area contributed by atoms with Gasteiger partial charge < -0.3 is 0 Å². The average molecular weight is 313 g/mol. The molecule has 0 aromatic carbocycles. The molecular formula is C14H23N3O3S. The molecule has 0 aliphatic carbocycles. The van der Waals surface area contributed by atoms with Crippen molar-refractivity contribution in [2.24, 2.45) is 13.0 Å². The minimum atomic E-state index is -3.64. The summed E-state index contributed by atoms with van der Waals surface area (Å²) >= 11 is 0. The first kappa shape index (κ1) is 17.4. The maximum Gasteiger partial charge on any atom is 0.257 e. The van der Waals surface area contributed by atoms with E-state index in [1.165, 1.54) is 6.08 Å². The highest BCUT2D eigenvalue weighted by Crippen LogP contribution is 2.11. The molecule has 0 aliphatic rings. The summed E-state index contributed by atoms with van der Waals surface area (Å²) in [7, 11) is -1.84. The molecule has 0 saturated carbocycles. The second kappa shape index (κ2) is 6.89. The number of amides is 1. The van der Waals surface area contributed by atoms with Crippen molar-refractivity contribution in [1.29, 1.82) is 0 Å². The normalized spacial score (nSPS) is 13.8. The van der Waals surface area contributed by atoms with Crippen LogP contribution in [0.15, 0.2) is 12.3 Å². The Balaban J connectivity index is 2.71. The van der Waals surface area contributed by atoms with Crippen LogP contribution in [0.5, 0.6) is 0 Å². The highest BCUT2D eigenvalue weighted by Gasteiger charge is 2.22. The van der Waals surface area contributed by atoms with Crippen LogP contribution in [-0.2, 0) is 21.9 Å². The van der Waals surface area contributed by atoms with E-state index in [1.807, 2.05) is 20.8 Å². The zero-order chi connectivity index (χ0) is 16.2. The van der Waals surface area contributed by atoms with Gasteiger partial charge in [-0.25, -0.2) is 13.1 Å². The van der Waals surface area contributed by atoms with Crippen molar-refractivity contribution in [2.45, 2.75) is 39.4 Å². The van der Waals surface area contributed by atoms with Crippen molar-refractivity contribution in [3.8, 4) is 0 Å². The average Bonchev–Trinajstić information content (AvgIpc) is 2.66. The van der Waals surface area contributed by atoms with E-state index in [9.17, 15) is 13.2 Å². The second-order valence-corrected chi connectivity index (χ2v) is 7.69. The Bertz CT molecular complexity index is 630. The largest absolute Gasteiger partial charge is 0.272 e. The number of carbonyl (C=O) groups excluding carboxylic acids is 1. The number of aromatic nitrogens is 2. The number of aryl methyl sites for hydroxylation is 1. The molecule has 1 rings (SSSR count). The van der Waals surface area contributed by atoms with Crippen LogP contribution in [0.1, 0.15) is 38.4 Å². The summed E-state index contributed by atoms with van der Waals surface area (Å²) in [5, 5.41) is 3.44. The SMILES string of the molecule is Cc1c(C=CC(=O)NS(=O)(=O)C(C)CC(C)C)cnn1C. The van der Waals surface area contributed by atoms with Crippen LogP contribution in [0.25, 0.3) is 6.08 Å². The number of rotatable bonds is 6.